The predicted molar refractivity (Wildman–Crippen MR) is 100 cm³/mol. The third-order valence-electron chi connectivity index (χ3n) is 4.85. The molecule has 30 heavy (non-hydrogen) atoms. The lowest BCUT2D eigenvalue weighted by molar-refractivity contribution is -0.141. The van der Waals surface area contributed by atoms with E-state index in [9.17, 15) is 26.4 Å². The summed E-state index contributed by atoms with van der Waals surface area (Å²) in [6.45, 7) is 1.95. The number of halogens is 4. The highest BCUT2D eigenvalue weighted by atomic mass is 35.5. The minimum Gasteiger partial charge on any atom is -0.340 e. The Hall–Kier alpha value is -2.12. The number of amides is 1. The van der Waals surface area contributed by atoms with Crippen LogP contribution in [0, 0.1) is 6.92 Å². The second kappa shape index (κ2) is 8.19. The molecule has 3 rings (SSSR count). The zero-order chi connectivity index (χ0) is 22.3. The fourth-order valence-corrected chi connectivity index (χ4v) is 4.79. The number of piperazine rings is 1. The molecular formula is C16H20ClF3N6O3S. The Morgan fingerprint density at radius 2 is 1.87 bits per heavy atom. The Morgan fingerprint density at radius 3 is 2.37 bits per heavy atom. The van der Waals surface area contributed by atoms with Gasteiger partial charge in [0.05, 0.1) is 23.5 Å². The van der Waals surface area contributed by atoms with Crippen LogP contribution in [-0.4, -0.2) is 69.3 Å². The van der Waals surface area contributed by atoms with Crippen molar-refractivity contribution in [1.82, 2.24) is 28.8 Å². The number of rotatable bonds is 5. The summed E-state index contributed by atoms with van der Waals surface area (Å²) in [6, 6.07) is 0. The highest BCUT2D eigenvalue weighted by Gasteiger charge is 2.38. The summed E-state index contributed by atoms with van der Waals surface area (Å²) < 4.78 is 67.6. The Labute approximate surface area is 176 Å². The number of sulfonamides is 1. The van der Waals surface area contributed by atoms with E-state index in [1.807, 2.05) is 0 Å². The van der Waals surface area contributed by atoms with Gasteiger partial charge in [-0.2, -0.15) is 27.7 Å². The van der Waals surface area contributed by atoms with E-state index in [0.717, 1.165) is 4.68 Å². The third-order valence-corrected chi connectivity index (χ3v) is 7.15. The van der Waals surface area contributed by atoms with Gasteiger partial charge < -0.3 is 4.90 Å². The molecule has 1 fully saturated rings. The van der Waals surface area contributed by atoms with E-state index in [0.29, 0.717) is 0 Å². The Kier molecular flexibility index (Phi) is 6.16. The molecule has 2 aromatic rings. The van der Waals surface area contributed by atoms with Crippen LogP contribution in [0.4, 0.5) is 13.2 Å². The third kappa shape index (κ3) is 4.47. The van der Waals surface area contributed by atoms with Gasteiger partial charge in [-0.15, -0.1) is 0 Å². The smallest absolute Gasteiger partial charge is 0.340 e. The molecule has 0 aromatic carbocycles. The maximum Gasteiger partial charge on any atom is 0.436 e. The van der Waals surface area contributed by atoms with E-state index in [2.05, 4.69) is 10.2 Å². The average Bonchev–Trinajstić information content (AvgIpc) is 3.24. The van der Waals surface area contributed by atoms with Crippen LogP contribution in [0.15, 0.2) is 17.3 Å². The van der Waals surface area contributed by atoms with Crippen LogP contribution < -0.4 is 0 Å². The fourth-order valence-electron chi connectivity index (χ4n) is 3.14. The zero-order valence-corrected chi connectivity index (χ0v) is 17.8. The zero-order valence-electron chi connectivity index (χ0n) is 16.2. The number of aryl methyl sites for hydroxylation is 2. The first-order chi connectivity index (χ1) is 13.9. The van der Waals surface area contributed by atoms with Crippen molar-refractivity contribution in [2.75, 3.05) is 26.2 Å². The Morgan fingerprint density at radius 1 is 1.23 bits per heavy atom. The van der Waals surface area contributed by atoms with E-state index < -0.39 is 26.9 Å². The average molecular weight is 469 g/mol. The van der Waals surface area contributed by atoms with Crippen LogP contribution in [0.2, 0.25) is 5.02 Å². The molecule has 3 heterocycles. The summed E-state index contributed by atoms with van der Waals surface area (Å²) in [5.41, 5.74) is -1.05. The molecular weight excluding hydrogens is 449 g/mol. The number of nitrogens with zero attached hydrogens (tertiary/aromatic N) is 6. The quantitative estimate of drug-likeness (QED) is 0.663. The van der Waals surface area contributed by atoms with Crippen molar-refractivity contribution in [3.8, 4) is 0 Å². The summed E-state index contributed by atoms with van der Waals surface area (Å²) >= 11 is 5.71. The lowest BCUT2D eigenvalue weighted by Gasteiger charge is -2.33. The number of carbonyl (C=O) groups is 1. The maximum absolute atomic E-state index is 12.9. The van der Waals surface area contributed by atoms with Gasteiger partial charge in [-0.25, -0.2) is 8.42 Å². The molecule has 1 saturated heterocycles. The molecule has 1 amide bonds. The summed E-state index contributed by atoms with van der Waals surface area (Å²) in [5, 5.41) is 6.85. The minimum absolute atomic E-state index is 0.0608. The van der Waals surface area contributed by atoms with Crippen LogP contribution in [0.5, 0.6) is 0 Å². The van der Waals surface area contributed by atoms with Gasteiger partial charge in [0.25, 0.3) is 0 Å². The second-order valence-electron chi connectivity index (χ2n) is 6.85. The van der Waals surface area contributed by atoms with Crippen molar-refractivity contribution in [2.24, 2.45) is 7.05 Å². The molecule has 0 bridgehead atoms. The molecule has 0 atom stereocenters. The van der Waals surface area contributed by atoms with E-state index in [1.54, 1.807) is 7.05 Å². The highest BCUT2D eigenvalue weighted by molar-refractivity contribution is 7.89. The van der Waals surface area contributed by atoms with Crippen LogP contribution in [0.1, 0.15) is 17.8 Å². The van der Waals surface area contributed by atoms with Crippen molar-refractivity contribution in [2.45, 2.75) is 31.0 Å². The lowest BCUT2D eigenvalue weighted by atomic mass is 10.3. The van der Waals surface area contributed by atoms with Gasteiger partial charge in [0.2, 0.25) is 15.9 Å². The Bertz CT molecular complexity index is 1040. The molecule has 166 valence electrons. The molecule has 0 spiro atoms. The molecule has 0 unspecified atom stereocenters. The monoisotopic (exact) mass is 468 g/mol. The summed E-state index contributed by atoms with van der Waals surface area (Å²) in [5.74, 6) is -0.298. The van der Waals surface area contributed by atoms with Crippen molar-refractivity contribution >= 4 is 27.5 Å². The molecule has 1 aliphatic heterocycles. The normalized spacial score (nSPS) is 16.3. The van der Waals surface area contributed by atoms with E-state index in [-0.39, 0.29) is 55.6 Å². The first-order valence-electron chi connectivity index (χ1n) is 8.98. The van der Waals surface area contributed by atoms with E-state index in [4.69, 9.17) is 11.6 Å². The standard InChI is InChI=1S/C16H20ClF3N6O3S/c1-11-14(17)15(16(18,19)20)22-26(11)4-3-13(27)24-5-7-25(8-6-24)30(28,29)12-9-21-23(2)10-12/h9-10H,3-8H2,1-2H3. The molecule has 1 aliphatic rings. The van der Waals surface area contributed by atoms with Gasteiger partial charge in [-0.05, 0) is 6.92 Å². The van der Waals surface area contributed by atoms with Crippen LogP contribution in [-0.2, 0) is 34.6 Å². The van der Waals surface area contributed by atoms with Crippen LogP contribution >= 0.6 is 11.6 Å². The molecule has 2 aromatic heterocycles. The van der Waals surface area contributed by atoms with Gasteiger partial charge in [0.1, 0.15) is 4.90 Å². The van der Waals surface area contributed by atoms with Gasteiger partial charge >= 0.3 is 6.18 Å². The van der Waals surface area contributed by atoms with Crippen molar-refractivity contribution in [3.05, 3.63) is 28.8 Å². The number of hydrogen-bond acceptors (Lipinski definition) is 5. The number of aromatic nitrogens is 4. The van der Waals surface area contributed by atoms with Gasteiger partial charge in [-0.3, -0.25) is 14.2 Å². The fraction of sp³-hybridized carbons (Fsp3) is 0.562. The van der Waals surface area contributed by atoms with E-state index in [1.165, 1.54) is 33.2 Å². The van der Waals surface area contributed by atoms with E-state index >= 15 is 0 Å². The topological polar surface area (TPSA) is 93.3 Å². The van der Waals surface area contributed by atoms with Crippen molar-refractivity contribution in [3.63, 3.8) is 0 Å². The van der Waals surface area contributed by atoms with Gasteiger partial charge in [0, 0.05) is 45.8 Å². The molecule has 0 N–H and O–H groups in total. The molecule has 9 nitrogen and oxygen atoms in total. The second-order valence-corrected chi connectivity index (χ2v) is 9.17. The summed E-state index contributed by atoms with van der Waals surface area (Å²) in [6.07, 6.45) is -2.09. The van der Waals surface area contributed by atoms with Crippen molar-refractivity contribution < 1.29 is 26.4 Å². The van der Waals surface area contributed by atoms with Crippen LogP contribution in [0.3, 0.4) is 0 Å². The molecule has 14 heteroatoms. The molecule has 0 saturated carbocycles. The molecule has 0 aliphatic carbocycles. The minimum atomic E-state index is -4.67. The lowest BCUT2D eigenvalue weighted by Crippen LogP contribution is -2.50. The first-order valence-corrected chi connectivity index (χ1v) is 10.8. The van der Waals surface area contributed by atoms with Crippen molar-refractivity contribution in [1.29, 1.82) is 0 Å². The number of alkyl halides is 3. The van der Waals surface area contributed by atoms with Crippen LogP contribution in [0.25, 0.3) is 0 Å². The Balaban J connectivity index is 1.58. The summed E-state index contributed by atoms with van der Waals surface area (Å²) in [4.78, 5) is 14.0. The largest absolute Gasteiger partial charge is 0.436 e. The summed E-state index contributed by atoms with van der Waals surface area (Å²) in [7, 11) is -2.08. The van der Waals surface area contributed by atoms with Gasteiger partial charge in [-0.1, -0.05) is 11.6 Å². The first kappa shape index (κ1) is 22.6. The highest BCUT2D eigenvalue weighted by Crippen LogP contribution is 2.35. The van der Waals surface area contributed by atoms with Gasteiger partial charge in [0.15, 0.2) is 5.69 Å². The SMILES string of the molecule is Cc1c(Cl)c(C(F)(F)F)nn1CCC(=O)N1CCN(S(=O)(=O)c2cnn(C)c2)CC1. The molecule has 0 radical (unpaired) electrons. The number of hydrogen-bond donors (Lipinski definition) is 0. The maximum atomic E-state index is 12.9. The predicted octanol–water partition coefficient (Wildman–Crippen LogP) is 1.52. The number of carbonyl (C=O) groups excluding carboxylic acids is 1.